The Kier molecular flexibility index (Phi) is 6.81. The fourth-order valence-corrected chi connectivity index (χ4v) is 4.55. The Morgan fingerprint density at radius 3 is 2.38 bits per heavy atom. The van der Waals surface area contributed by atoms with E-state index in [1.807, 2.05) is 61.5 Å². The molecule has 6 heteroatoms. The highest BCUT2D eigenvalue weighted by molar-refractivity contribution is 6.46. The van der Waals surface area contributed by atoms with E-state index in [4.69, 9.17) is 4.74 Å². The van der Waals surface area contributed by atoms with Crippen LogP contribution in [0.3, 0.4) is 0 Å². The predicted molar refractivity (Wildman–Crippen MR) is 140 cm³/mol. The molecule has 1 amide bonds. The van der Waals surface area contributed by atoms with Crippen LogP contribution in [-0.2, 0) is 22.7 Å². The number of hydrogen-bond donors (Lipinski definition) is 1. The third-order valence-corrected chi connectivity index (χ3v) is 6.35. The third-order valence-electron chi connectivity index (χ3n) is 6.35. The Balaban J connectivity index is 1.45. The largest absolute Gasteiger partial charge is 0.507 e. The number of nitrogens with zero attached hydrogens (tertiary/aromatic N) is 2. The number of pyridine rings is 1. The van der Waals surface area contributed by atoms with Gasteiger partial charge in [0, 0.05) is 24.5 Å². The summed E-state index contributed by atoms with van der Waals surface area (Å²) in [5, 5.41) is 11.3. The van der Waals surface area contributed by atoms with E-state index >= 15 is 0 Å². The highest BCUT2D eigenvalue weighted by Crippen LogP contribution is 2.40. The molecule has 37 heavy (non-hydrogen) atoms. The smallest absolute Gasteiger partial charge is 0.295 e. The van der Waals surface area contributed by atoms with Crippen molar-refractivity contribution in [2.75, 3.05) is 0 Å². The van der Waals surface area contributed by atoms with E-state index < -0.39 is 17.7 Å². The van der Waals surface area contributed by atoms with Crippen molar-refractivity contribution >= 4 is 17.4 Å². The number of carbonyl (C=O) groups is 2. The molecule has 0 aliphatic carbocycles. The van der Waals surface area contributed by atoms with Crippen LogP contribution in [0.25, 0.3) is 5.76 Å². The van der Waals surface area contributed by atoms with Crippen LogP contribution in [0.4, 0.5) is 0 Å². The van der Waals surface area contributed by atoms with Crippen molar-refractivity contribution in [1.82, 2.24) is 9.88 Å². The normalized spacial score (nSPS) is 16.7. The molecule has 1 fully saturated rings. The molecule has 1 aromatic heterocycles. The maximum absolute atomic E-state index is 13.2. The molecule has 0 bridgehead atoms. The lowest BCUT2D eigenvalue weighted by atomic mass is 9.95. The van der Waals surface area contributed by atoms with Crippen molar-refractivity contribution in [3.63, 3.8) is 0 Å². The molecule has 1 aliphatic heterocycles. The van der Waals surface area contributed by atoms with Crippen LogP contribution in [0.2, 0.25) is 0 Å². The van der Waals surface area contributed by atoms with Gasteiger partial charge in [0.2, 0.25) is 0 Å². The van der Waals surface area contributed by atoms with Gasteiger partial charge in [0.05, 0.1) is 11.6 Å². The van der Waals surface area contributed by atoms with Crippen LogP contribution in [-0.4, -0.2) is 26.7 Å². The van der Waals surface area contributed by atoms with Gasteiger partial charge in [0.1, 0.15) is 18.1 Å². The van der Waals surface area contributed by atoms with Gasteiger partial charge in [-0.2, -0.15) is 0 Å². The van der Waals surface area contributed by atoms with Crippen molar-refractivity contribution in [3.8, 4) is 5.75 Å². The molecule has 5 rings (SSSR count). The molecule has 2 heterocycles. The fourth-order valence-electron chi connectivity index (χ4n) is 4.55. The standard InChI is InChI=1S/C31H26N2O4/c1-21-7-5-8-22(17-21)20-37-26-14-12-25(13-15-26)29(34)27-28(24-10-3-2-4-11-24)33(31(36)30(27)35)19-23-9-6-16-32-18-23/h2-18,28,34H,19-20H2,1H3/b29-27+/t28-/m1/s1. The number of Topliss-reactive ketones (excluding diaryl/α,β-unsaturated/α-hetero) is 1. The summed E-state index contributed by atoms with van der Waals surface area (Å²) in [7, 11) is 0. The van der Waals surface area contributed by atoms with E-state index in [1.54, 1.807) is 42.7 Å². The molecule has 0 unspecified atom stereocenters. The molecule has 1 atom stereocenters. The van der Waals surface area contributed by atoms with Crippen LogP contribution >= 0.6 is 0 Å². The van der Waals surface area contributed by atoms with Crippen molar-refractivity contribution in [3.05, 3.63) is 137 Å². The zero-order valence-electron chi connectivity index (χ0n) is 20.4. The second-order valence-corrected chi connectivity index (χ2v) is 9.00. The summed E-state index contributed by atoms with van der Waals surface area (Å²) in [6.45, 7) is 2.64. The summed E-state index contributed by atoms with van der Waals surface area (Å²) >= 11 is 0. The Morgan fingerprint density at radius 1 is 0.919 bits per heavy atom. The number of ether oxygens (including phenoxy) is 1. The summed E-state index contributed by atoms with van der Waals surface area (Å²) in [5.41, 5.74) is 4.25. The predicted octanol–water partition coefficient (Wildman–Crippen LogP) is 5.59. The van der Waals surface area contributed by atoms with Gasteiger partial charge in [0.15, 0.2) is 0 Å². The van der Waals surface area contributed by atoms with Crippen LogP contribution in [0.1, 0.15) is 33.9 Å². The number of likely N-dealkylation sites (tertiary alicyclic amines) is 1. The number of carbonyl (C=O) groups excluding carboxylic acids is 2. The topological polar surface area (TPSA) is 79.7 Å². The molecular formula is C31H26N2O4. The third kappa shape index (κ3) is 5.14. The number of aryl methyl sites for hydroxylation is 1. The van der Waals surface area contributed by atoms with E-state index in [0.29, 0.717) is 17.9 Å². The summed E-state index contributed by atoms with van der Waals surface area (Å²) < 4.78 is 5.89. The lowest BCUT2D eigenvalue weighted by Gasteiger charge is -2.25. The van der Waals surface area contributed by atoms with Gasteiger partial charge in [-0.05, 0) is 53.9 Å². The minimum Gasteiger partial charge on any atom is -0.507 e. The molecular weight excluding hydrogens is 464 g/mol. The summed E-state index contributed by atoms with van der Waals surface area (Å²) in [4.78, 5) is 31.9. The van der Waals surface area contributed by atoms with Crippen molar-refractivity contribution in [2.24, 2.45) is 0 Å². The Morgan fingerprint density at radius 2 is 1.68 bits per heavy atom. The molecule has 184 valence electrons. The lowest BCUT2D eigenvalue weighted by Crippen LogP contribution is -2.29. The fraction of sp³-hybridized carbons (Fsp3) is 0.129. The Hall–Kier alpha value is -4.71. The number of aliphatic hydroxyl groups is 1. The lowest BCUT2D eigenvalue weighted by molar-refractivity contribution is -0.140. The van der Waals surface area contributed by atoms with Gasteiger partial charge in [-0.15, -0.1) is 0 Å². The zero-order valence-corrected chi connectivity index (χ0v) is 20.4. The second-order valence-electron chi connectivity index (χ2n) is 9.00. The van der Waals surface area contributed by atoms with Gasteiger partial charge in [-0.3, -0.25) is 14.6 Å². The minimum atomic E-state index is -0.723. The number of hydrogen-bond acceptors (Lipinski definition) is 5. The number of amides is 1. The summed E-state index contributed by atoms with van der Waals surface area (Å²) in [6, 6.07) is 27.1. The number of aromatic nitrogens is 1. The number of ketones is 1. The molecule has 0 radical (unpaired) electrons. The van der Waals surface area contributed by atoms with Crippen LogP contribution in [0.15, 0.2) is 109 Å². The van der Waals surface area contributed by atoms with Gasteiger partial charge < -0.3 is 14.7 Å². The van der Waals surface area contributed by atoms with E-state index in [9.17, 15) is 14.7 Å². The molecule has 0 spiro atoms. The van der Waals surface area contributed by atoms with E-state index in [-0.39, 0.29) is 17.9 Å². The molecule has 0 saturated carbocycles. The van der Waals surface area contributed by atoms with E-state index in [2.05, 4.69) is 11.1 Å². The SMILES string of the molecule is Cc1cccc(COc2ccc(/C(O)=C3\C(=O)C(=O)N(Cc4cccnc4)[C@@H]3c3ccccc3)cc2)c1. The van der Waals surface area contributed by atoms with Gasteiger partial charge >= 0.3 is 0 Å². The van der Waals surface area contributed by atoms with Gasteiger partial charge in [-0.1, -0.05) is 66.2 Å². The molecule has 1 N–H and O–H groups in total. The Labute approximate surface area is 215 Å². The molecule has 1 saturated heterocycles. The number of rotatable bonds is 7. The maximum atomic E-state index is 13.2. The van der Waals surface area contributed by atoms with Gasteiger partial charge in [0.25, 0.3) is 11.7 Å². The van der Waals surface area contributed by atoms with Crippen molar-refractivity contribution in [1.29, 1.82) is 0 Å². The average Bonchev–Trinajstić information content (AvgIpc) is 3.18. The first-order chi connectivity index (χ1) is 18.0. The second kappa shape index (κ2) is 10.5. The molecule has 3 aromatic carbocycles. The van der Waals surface area contributed by atoms with Crippen LogP contribution in [0, 0.1) is 6.92 Å². The summed E-state index contributed by atoms with van der Waals surface area (Å²) in [5.74, 6) is -0.951. The van der Waals surface area contributed by atoms with Crippen LogP contribution < -0.4 is 4.74 Å². The number of benzene rings is 3. The molecule has 6 nitrogen and oxygen atoms in total. The van der Waals surface area contributed by atoms with Crippen molar-refractivity contribution < 1.29 is 19.4 Å². The molecule has 1 aliphatic rings. The Bertz CT molecular complexity index is 1450. The number of aliphatic hydroxyl groups excluding tert-OH is 1. The van der Waals surface area contributed by atoms with Crippen LogP contribution in [0.5, 0.6) is 5.75 Å². The zero-order chi connectivity index (χ0) is 25.8. The van der Waals surface area contributed by atoms with Crippen molar-refractivity contribution in [2.45, 2.75) is 26.1 Å². The monoisotopic (exact) mass is 490 g/mol. The first kappa shape index (κ1) is 24.0. The van der Waals surface area contributed by atoms with E-state index in [0.717, 1.165) is 22.3 Å². The average molecular weight is 491 g/mol. The highest BCUT2D eigenvalue weighted by atomic mass is 16.5. The molecule has 4 aromatic rings. The highest BCUT2D eigenvalue weighted by Gasteiger charge is 2.46. The minimum absolute atomic E-state index is 0.0634. The first-order valence-corrected chi connectivity index (χ1v) is 12.0. The first-order valence-electron chi connectivity index (χ1n) is 12.0. The summed E-state index contributed by atoms with van der Waals surface area (Å²) in [6.07, 6.45) is 3.32. The van der Waals surface area contributed by atoms with Gasteiger partial charge in [-0.25, -0.2) is 0 Å². The quantitative estimate of drug-likeness (QED) is 0.208. The van der Waals surface area contributed by atoms with E-state index in [1.165, 1.54) is 4.90 Å². The maximum Gasteiger partial charge on any atom is 0.295 e.